The third kappa shape index (κ3) is 3.88. The summed E-state index contributed by atoms with van der Waals surface area (Å²) in [6.45, 7) is 6.47. The highest BCUT2D eigenvalue weighted by Gasteiger charge is 2.36. The Labute approximate surface area is 147 Å². The van der Waals surface area contributed by atoms with Crippen molar-refractivity contribution in [3.05, 3.63) is 28.2 Å². The predicted molar refractivity (Wildman–Crippen MR) is 98.6 cm³/mol. The Bertz CT molecular complexity index is 630. The Balaban J connectivity index is 2.40. The van der Waals surface area contributed by atoms with Crippen LogP contribution in [0, 0.1) is 0 Å². The van der Waals surface area contributed by atoms with Crippen LogP contribution in [-0.2, 0) is 0 Å². The van der Waals surface area contributed by atoms with E-state index in [1.54, 1.807) is 27.5 Å². The number of carbonyl (C=O) groups is 1. The highest BCUT2D eigenvalue weighted by atomic mass is 32.2. The maximum atomic E-state index is 13.1. The van der Waals surface area contributed by atoms with Crippen LogP contribution in [0.15, 0.2) is 17.1 Å². The minimum atomic E-state index is -0.251. The maximum absolute atomic E-state index is 13.1. The molecule has 1 N–H and O–H groups in total. The summed E-state index contributed by atoms with van der Waals surface area (Å²) in [4.78, 5) is 27.1. The summed E-state index contributed by atoms with van der Waals surface area (Å²) in [5, 5.41) is 0. The van der Waals surface area contributed by atoms with E-state index in [9.17, 15) is 9.59 Å². The Morgan fingerprint density at radius 2 is 2.12 bits per heavy atom. The normalized spacial score (nSPS) is 17.0. The predicted octanol–water partition coefficient (Wildman–Crippen LogP) is 2.51. The van der Waals surface area contributed by atoms with Gasteiger partial charge in [-0.2, -0.15) is 11.8 Å². The fourth-order valence-corrected chi connectivity index (χ4v) is 3.26. The van der Waals surface area contributed by atoms with Crippen molar-refractivity contribution in [3.8, 4) is 5.75 Å². The minimum absolute atomic E-state index is 0.0319. The van der Waals surface area contributed by atoms with E-state index in [1.807, 2.05) is 13.8 Å². The number of fused-ring (bicyclic) bond motifs is 1. The van der Waals surface area contributed by atoms with Crippen molar-refractivity contribution in [3.63, 3.8) is 0 Å². The molecule has 0 saturated carbocycles. The number of hydrogen-bond acceptors (Lipinski definition) is 5. The molecule has 0 aromatic carbocycles. The second-order valence-electron chi connectivity index (χ2n) is 6.16. The van der Waals surface area contributed by atoms with Gasteiger partial charge in [0.25, 0.3) is 5.91 Å². The summed E-state index contributed by atoms with van der Waals surface area (Å²) in [7, 11) is 0. The number of ether oxygens (including phenoxy) is 1. The first-order valence-electron chi connectivity index (χ1n) is 8.47. The highest BCUT2D eigenvalue weighted by molar-refractivity contribution is 7.98. The van der Waals surface area contributed by atoms with Crippen molar-refractivity contribution in [2.24, 2.45) is 0 Å². The number of carbonyl (C=O) groups excluding carboxylic acids is 1. The molecular weight excluding hydrogens is 326 g/mol. The minimum Gasteiger partial charge on any atom is -0.487 e. The Morgan fingerprint density at radius 3 is 2.75 bits per heavy atom. The molecule has 0 spiro atoms. The van der Waals surface area contributed by atoms with Crippen molar-refractivity contribution in [1.82, 2.24) is 9.58 Å². The van der Waals surface area contributed by atoms with Gasteiger partial charge in [0.05, 0.1) is 6.61 Å². The maximum Gasteiger partial charge on any atom is 0.278 e. The van der Waals surface area contributed by atoms with Crippen LogP contribution in [0.2, 0.25) is 0 Å². The average molecular weight is 353 g/mol. The van der Waals surface area contributed by atoms with Gasteiger partial charge in [-0.1, -0.05) is 13.3 Å². The number of unbranched alkanes of at least 4 members (excludes halogenated alkanes) is 1. The standard InChI is InChI=1S/C17H27N3O3S/c1-5-6-10-23-16-13(21)7-9-19-15(16)17(22)20(12(2)3)14(18-19)8-11-24-4/h7,9,12,14,18H,5-6,8,10-11H2,1-4H3. The average Bonchev–Trinajstić information content (AvgIpc) is 2.54. The fourth-order valence-electron chi connectivity index (χ4n) is 2.80. The van der Waals surface area contributed by atoms with E-state index in [-0.39, 0.29) is 29.3 Å². The molecule has 2 rings (SSSR count). The topological polar surface area (TPSA) is 63.6 Å². The molecule has 6 nitrogen and oxygen atoms in total. The van der Waals surface area contributed by atoms with Crippen LogP contribution in [0.5, 0.6) is 5.75 Å². The van der Waals surface area contributed by atoms with Crippen molar-refractivity contribution in [2.75, 3.05) is 24.0 Å². The van der Waals surface area contributed by atoms with Gasteiger partial charge in [0, 0.05) is 18.3 Å². The van der Waals surface area contributed by atoms with E-state index < -0.39 is 0 Å². The lowest BCUT2D eigenvalue weighted by Gasteiger charge is -2.41. The molecule has 0 aliphatic carbocycles. The molecule has 2 heterocycles. The van der Waals surface area contributed by atoms with Gasteiger partial charge in [-0.25, -0.2) is 0 Å². The number of rotatable bonds is 8. The molecule has 0 fully saturated rings. The van der Waals surface area contributed by atoms with E-state index in [1.165, 1.54) is 6.07 Å². The molecule has 7 heteroatoms. The molecule has 0 bridgehead atoms. The third-order valence-electron chi connectivity index (χ3n) is 4.01. The second-order valence-corrected chi connectivity index (χ2v) is 7.15. The SMILES string of the molecule is CCCCOc1c2n(ccc1=O)NC(CCSC)N(C(C)C)C2=O. The molecule has 0 radical (unpaired) electrons. The van der Waals surface area contributed by atoms with Gasteiger partial charge in [0.1, 0.15) is 6.17 Å². The Kier molecular flexibility index (Phi) is 6.60. The lowest BCUT2D eigenvalue weighted by atomic mass is 10.1. The van der Waals surface area contributed by atoms with E-state index in [2.05, 4.69) is 18.6 Å². The molecule has 134 valence electrons. The number of nitrogens with zero attached hydrogens (tertiary/aromatic N) is 2. The van der Waals surface area contributed by atoms with Crippen molar-refractivity contribution in [2.45, 2.75) is 52.2 Å². The van der Waals surface area contributed by atoms with E-state index in [4.69, 9.17) is 4.74 Å². The molecule has 1 aromatic rings. The first-order chi connectivity index (χ1) is 11.5. The van der Waals surface area contributed by atoms with Gasteiger partial charge in [0.15, 0.2) is 11.4 Å². The van der Waals surface area contributed by atoms with Crippen LogP contribution in [0.3, 0.4) is 0 Å². The van der Waals surface area contributed by atoms with Crippen LogP contribution in [0.25, 0.3) is 0 Å². The van der Waals surface area contributed by atoms with Gasteiger partial charge in [-0.15, -0.1) is 0 Å². The second kappa shape index (κ2) is 8.46. The summed E-state index contributed by atoms with van der Waals surface area (Å²) in [5.74, 6) is 0.945. The fraction of sp³-hybridized carbons (Fsp3) is 0.647. The molecule has 1 atom stereocenters. The van der Waals surface area contributed by atoms with Crippen molar-refractivity contribution in [1.29, 1.82) is 0 Å². The summed E-state index contributed by atoms with van der Waals surface area (Å²) in [6.07, 6.45) is 6.23. The lowest BCUT2D eigenvalue weighted by molar-refractivity contribution is 0.0556. The van der Waals surface area contributed by atoms with Crippen LogP contribution in [0.4, 0.5) is 0 Å². The number of aromatic nitrogens is 1. The van der Waals surface area contributed by atoms with Gasteiger partial charge >= 0.3 is 0 Å². The Morgan fingerprint density at radius 1 is 1.38 bits per heavy atom. The number of amides is 1. The Hall–Kier alpha value is -1.63. The number of nitrogens with one attached hydrogen (secondary N) is 1. The van der Waals surface area contributed by atoms with Crippen LogP contribution >= 0.6 is 11.8 Å². The molecular formula is C17H27N3O3S. The van der Waals surface area contributed by atoms with Gasteiger partial charge in [0.2, 0.25) is 5.43 Å². The molecule has 1 aliphatic rings. The lowest BCUT2D eigenvalue weighted by Crippen LogP contribution is -2.56. The zero-order chi connectivity index (χ0) is 17.7. The van der Waals surface area contributed by atoms with Crippen LogP contribution in [-0.4, -0.2) is 46.3 Å². The number of pyridine rings is 1. The number of thioether (sulfide) groups is 1. The molecule has 1 aliphatic heterocycles. The van der Waals surface area contributed by atoms with Gasteiger partial charge in [-0.3, -0.25) is 14.3 Å². The van der Waals surface area contributed by atoms with E-state index in [0.717, 1.165) is 25.0 Å². The molecule has 1 amide bonds. The van der Waals surface area contributed by atoms with Crippen molar-refractivity contribution < 1.29 is 9.53 Å². The largest absolute Gasteiger partial charge is 0.487 e. The van der Waals surface area contributed by atoms with E-state index >= 15 is 0 Å². The quantitative estimate of drug-likeness (QED) is 0.728. The molecule has 1 aromatic heterocycles. The highest BCUT2D eigenvalue weighted by Crippen LogP contribution is 2.24. The summed E-state index contributed by atoms with van der Waals surface area (Å²) in [6, 6.07) is 1.48. The molecule has 24 heavy (non-hydrogen) atoms. The summed E-state index contributed by atoms with van der Waals surface area (Å²) in [5.41, 5.74) is 3.39. The first kappa shape index (κ1) is 18.7. The van der Waals surface area contributed by atoms with Crippen molar-refractivity contribution >= 4 is 17.7 Å². The zero-order valence-corrected chi connectivity index (χ0v) is 15.7. The molecule has 1 unspecified atom stereocenters. The summed E-state index contributed by atoms with van der Waals surface area (Å²) >= 11 is 1.75. The smallest absolute Gasteiger partial charge is 0.278 e. The van der Waals surface area contributed by atoms with Gasteiger partial charge < -0.3 is 15.1 Å². The van der Waals surface area contributed by atoms with Crippen LogP contribution in [0.1, 0.15) is 50.5 Å². The van der Waals surface area contributed by atoms with E-state index in [0.29, 0.717) is 12.3 Å². The molecule has 0 saturated heterocycles. The first-order valence-corrected chi connectivity index (χ1v) is 9.87. The monoisotopic (exact) mass is 353 g/mol. The zero-order valence-electron chi connectivity index (χ0n) is 14.9. The van der Waals surface area contributed by atoms with Gasteiger partial charge in [-0.05, 0) is 38.7 Å². The summed E-state index contributed by atoms with van der Waals surface area (Å²) < 4.78 is 7.31. The number of hydrogen-bond donors (Lipinski definition) is 1. The third-order valence-corrected chi connectivity index (χ3v) is 4.66. The van der Waals surface area contributed by atoms with Crippen LogP contribution < -0.4 is 15.6 Å².